The number of unbranched alkanes of at least 4 members (excludes halogenated alkanes) is 4. The molecule has 0 bridgehead atoms. The highest BCUT2D eigenvalue weighted by Gasteiger charge is 2.12. The summed E-state index contributed by atoms with van der Waals surface area (Å²) in [7, 11) is 1.67. The molecule has 86 valence electrons. The quantitative estimate of drug-likeness (QED) is 0.738. The first-order valence-corrected chi connectivity index (χ1v) is 5.63. The van der Waals surface area contributed by atoms with Crippen molar-refractivity contribution in [2.24, 2.45) is 7.05 Å². The van der Waals surface area contributed by atoms with Crippen LogP contribution < -0.4 is 5.73 Å². The number of rotatable bonds is 6. The Bertz CT molecular complexity index is 307. The number of halogens is 1. The molecule has 2 N–H and O–H groups in total. The van der Waals surface area contributed by atoms with Gasteiger partial charge in [0.1, 0.15) is 5.69 Å². The molecule has 0 amide bonds. The smallest absolute Gasteiger partial charge is 0.188 e. The molecule has 0 aliphatic carbocycles. The lowest BCUT2D eigenvalue weighted by atomic mass is 10.1. The number of nitrogen functional groups attached to an aromatic ring is 1. The Kier molecular flexibility index (Phi) is 4.59. The van der Waals surface area contributed by atoms with Crippen LogP contribution in [-0.4, -0.2) is 9.78 Å². The van der Waals surface area contributed by atoms with E-state index in [2.05, 4.69) is 12.0 Å². The molecule has 4 heteroatoms. The molecule has 0 saturated carbocycles. The minimum atomic E-state index is -0.340. The molecular weight excluding hydrogens is 193 g/mol. The predicted octanol–water partition coefficient (Wildman–Crippen LogP) is 2.65. The van der Waals surface area contributed by atoms with Gasteiger partial charge < -0.3 is 5.73 Å². The van der Waals surface area contributed by atoms with Crippen molar-refractivity contribution in [1.29, 1.82) is 0 Å². The van der Waals surface area contributed by atoms with E-state index in [1.807, 2.05) is 0 Å². The number of anilines is 1. The van der Waals surface area contributed by atoms with E-state index in [1.54, 1.807) is 7.05 Å². The molecule has 0 unspecified atom stereocenters. The first-order chi connectivity index (χ1) is 7.16. The van der Waals surface area contributed by atoms with Crippen LogP contribution in [0.3, 0.4) is 0 Å². The Labute approximate surface area is 90.5 Å². The van der Waals surface area contributed by atoms with Crippen LogP contribution in [0.15, 0.2) is 0 Å². The number of aromatic nitrogens is 2. The average Bonchev–Trinajstić information content (AvgIpc) is 2.46. The van der Waals surface area contributed by atoms with Crippen LogP contribution in [0.2, 0.25) is 0 Å². The normalized spacial score (nSPS) is 10.9. The molecule has 0 aliphatic heterocycles. The fourth-order valence-electron chi connectivity index (χ4n) is 1.62. The maximum absolute atomic E-state index is 13.4. The van der Waals surface area contributed by atoms with Gasteiger partial charge in [0, 0.05) is 7.05 Å². The fraction of sp³-hybridized carbons (Fsp3) is 0.727. The van der Waals surface area contributed by atoms with E-state index in [4.69, 9.17) is 5.73 Å². The summed E-state index contributed by atoms with van der Waals surface area (Å²) in [6.45, 7) is 2.18. The van der Waals surface area contributed by atoms with E-state index in [1.165, 1.54) is 23.9 Å². The van der Waals surface area contributed by atoms with Gasteiger partial charge >= 0.3 is 0 Å². The molecule has 0 saturated heterocycles. The summed E-state index contributed by atoms with van der Waals surface area (Å²) in [6.07, 6.45) is 6.54. The van der Waals surface area contributed by atoms with Crippen molar-refractivity contribution in [3.8, 4) is 0 Å². The van der Waals surface area contributed by atoms with Crippen LogP contribution in [0.25, 0.3) is 0 Å². The molecule has 15 heavy (non-hydrogen) atoms. The van der Waals surface area contributed by atoms with Gasteiger partial charge in [0.25, 0.3) is 0 Å². The van der Waals surface area contributed by atoms with E-state index in [9.17, 15) is 4.39 Å². The van der Waals surface area contributed by atoms with Crippen molar-refractivity contribution in [2.75, 3.05) is 5.73 Å². The van der Waals surface area contributed by atoms with E-state index in [0.717, 1.165) is 12.8 Å². The Balaban J connectivity index is 2.34. The second-order valence-corrected chi connectivity index (χ2v) is 3.93. The van der Waals surface area contributed by atoms with Crippen LogP contribution in [0, 0.1) is 5.82 Å². The minimum absolute atomic E-state index is 0.138. The zero-order valence-corrected chi connectivity index (χ0v) is 9.59. The van der Waals surface area contributed by atoms with Crippen molar-refractivity contribution >= 4 is 5.82 Å². The van der Waals surface area contributed by atoms with E-state index in [-0.39, 0.29) is 11.6 Å². The molecule has 0 fully saturated rings. The summed E-state index contributed by atoms with van der Waals surface area (Å²) in [5.41, 5.74) is 5.99. The van der Waals surface area contributed by atoms with E-state index < -0.39 is 0 Å². The molecule has 1 aromatic heterocycles. The van der Waals surface area contributed by atoms with Gasteiger partial charge in [-0.3, -0.25) is 4.68 Å². The Morgan fingerprint density at radius 2 is 1.93 bits per heavy atom. The molecule has 1 aromatic rings. The Morgan fingerprint density at radius 3 is 2.47 bits per heavy atom. The standard InChI is InChI=1S/C11H20FN3/c1-3-4-5-6-7-8-9-10(12)11(13)15(2)14-9/h3-8,13H2,1-2H3. The number of nitrogens with two attached hydrogens (primary N) is 1. The molecule has 1 rings (SSSR count). The highest BCUT2D eigenvalue weighted by Crippen LogP contribution is 2.16. The van der Waals surface area contributed by atoms with Crippen LogP contribution in [-0.2, 0) is 13.5 Å². The summed E-state index contributed by atoms with van der Waals surface area (Å²) in [6, 6.07) is 0. The van der Waals surface area contributed by atoms with Gasteiger partial charge in [-0.15, -0.1) is 0 Å². The first kappa shape index (κ1) is 12.0. The third-order valence-electron chi connectivity index (χ3n) is 2.61. The van der Waals surface area contributed by atoms with Gasteiger partial charge in [0.2, 0.25) is 0 Å². The largest absolute Gasteiger partial charge is 0.381 e. The van der Waals surface area contributed by atoms with Crippen LogP contribution in [0.1, 0.15) is 44.7 Å². The van der Waals surface area contributed by atoms with Crippen molar-refractivity contribution < 1.29 is 4.39 Å². The van der Waals surface area contributed by atoms with Crippen LogP contribution in [0.4, 0.5) is 10.2 Å². The molecule has 0 radical (unpaired) electrons. The van der Waals surface area contributed by atoms with Gasteiger partial charge in [-0.05, 0) is 12.8 Å². The van der Waals surface area contributed by atoms with Gasteiger partial charge in [-0.25, -0.2) is 4.39 Å². The third kappa shape index (κ3) is 3.22. The first-order valence-electron chi connectivity index (χ1n) is 5.63. The van der Waals surface area contributed by atoms with E-state index >= 15 is 0 Å². The zero-order valence-electron chi connectivity index (χ0n) is 9.59. The summed E-state index contributed by atoms with van der Waals surface area (Å²) < 4.78 is 14.8. The number of aryl methyl sites for hydroxylation is 2. The maximum Gasteiger partial charge on any atom is 0.188 e. The van der Waals surface area contributed by atoms with Crippen molar-refractivity contribution in [3.05, 3.63) is 11.5 Å². The third-order valence-corrected chi connectivity index (χ3v) is 2.61. The Hall–Kier alpha value is -1.06. The summed E-state index contributed by atoms with van der Waals surface area (Å²) in [5.74, 6) is -0.202. The topological polar surface area (TPSA) is 43.8 Å². The van der Waals surface area contributed by atoms with E-state index in [0.29, 0.717) is 12.1 Å². The number of hydrogen-bond acceptors (Lipinski definition) is 2. The lowest BCUT2D eigenvalue weighted by Crippen LogP contribution is -1.98. The van der Waals surface area contributed by atoms with Gasteiger partial charge in [0.15, 0.2) is 11.6 Å². The second kappa shape index (κ2) is 5.73. The van der Waals surface area contributed by atoms with Gasteiger partial charge in [-0.2, -0.15) is 5.10 Å². The van der Waals surface area contributed by atoms with Crippen LogP contribution in [0.5, 0.6) is 0 Å². The van der Waals surface area contributed by atoms with Crippen molar-refractivity contribution in [1.82, 2.24) is 9.78 Å². The Morgan fingerprint density at radius 1 is 1.27 bits per heavy atom. The highest BCUT2D eigenvalue weighted by molar-refractivity contribution is 5.33. The molecule has 1 heterocycles. The second-order valence-electron chi connectivity index (χ2n) is 3.93. The lowest BCUT2D eigenvalue weighted by Gasteiger charge is -1.97. The molecule has 0 aliphatic rings. The molecular formula is C11H20FN3. The monoisotopic (exact) mass is 213 g/mol. The molecule has 0 atom stereocenters. The summed E-state index contributed by atoms with van der Waals surface area (Å²) in [5, 5.41) is 4.04. The van der Waals surface area contributed by atoms with Crippen molar-refractivity contribution in [2.45, 2.75) is 45.4 Å². The lowest BCUT2D eigenvalue weighted by molar-refractivity contribution is 0.587. The highest BCUT2D eigenvalue weighted by atomic mass is 19.1. The van der Waals surface area contributed by atoms with Crippen LogP contribution >= 0.6 is 0 Å². The summed E-state index contributed by atoms with van der Waals surface area (Å²) in [4.78, 5) is 0. The number of nitrogens with zero attached hydrogens (tertiary/aromatic N) is 2. The zero-order chi connectivity index (χ0) is 11.3. The fourth-order valence-corrected chi connectivity index (χ4v) is 1.62. The SMILES string of the molecule is CCCCCCCc1nn(C)c(N)c1F. The average molecular weight is 213 g/mol. The van der Waals surface area contributed by atoms with Gasteiger partial charge in [-0.1, -0.05) is 32.6 Å². The van der Waals surface area contributed by atoms with Gasteiger partial charge in [0.05, 0.1) is 0 Å². The minimum Gasteiger partial charge on any atom is -0.381 e. The maximum atomic E-state index is 13.4. The molecule has 0 aromatic carbocycles. The van der Waals surface area contributed by atoms with Crippen molar-refractivity contribution in [3.63, 3.8) is 0 Å². The molecule has 0 spiro atoms. The summed E-state index contributed by atoms with van der Waals surface area (Å²) >= 11 is 0. The molecule has 3 nitrogen and oxygen atoms in total. The number of hydrogen-bond donors (Lipinski definition) is 1. The predicted molar refractivity (Wildman–Crippen MR) is 60.0 cm³/mol.